The number of rotatable bonds is 5. The molecule has 0 saturated carbocycles. The van der Waals surface area contributed by atoms with Crippen molar-refractivity contribution < 1.29 is 19.7 Å². The van der Waals surface area contributed by atoms with Gasteiger partial charge in [-0.25, -0.2) is 14.9 Å². The molecule has 6 heteroatoms. The van der Waals surface area contributed by atoms with Gasteiger partial charge in [0.2, 0.25) is 5.60 Å². The average Bonchev–Trinajstić information content (AvgIpc) is 2.51. The van der Waals surface area contributed by atoms with Gasteiger partial charge in [0.25, 0.3) is 0 Å². The van der Waals surface area contributed by atoms with Crippen LogP contribution in [-0.4, -0.2) is 17.3 Å². The van der Waals surface area contributed by atoms with Crippen molar-refractivity contribution in [1.29, 1.82) is 0 Å². The zero-order valence-corrected chi connectivity index (χ0v) is 15.8. The summed E-state index contributed by atoms with van der Waals surface area (Å²) in [5, 5.41) is 9.68. The van der Waals surface area contributed by atoms with Gasteiger partial charge in [-0.1, -0.05) is 56.1 Å². The minimum Gasteiger partial charge on any atom is -0.460 e. The van der Waals surface area contributed by atoms with E-state index in [0.29, 0.717) is 11.1 Å². The highest BCUT2D eigenvalue weighted by molar-refractivity contribution is 9.10. The first kappa shape index (κ1) is 18.1. The predicted molar refractivity (Wildman–Crippen MR) is 94.0 cm³/mol. The van der Waals surface area contributed by atoms with E-state index < -0.39 is 11.6 Å². The minimum atomic E-state index is -1.74. The molecule has 0 amide bonds. The van der Waals surface area contributed by atoms with E-state index in [2.05, 4.69) is 31.9 Å². The molecule has 0 aromatic heterocycles. The summed E-state index contributed by atoms with van der Waals surface area (Å²) in [6, 6.07) is 13.9. The molecule has 23 heavy (non-hydrogen) atoms. The van der Waals surface area contributed by atoms with Gasteiger partial charge in [-0.15, -0.1) is 0 Å². The molecular weight excluding hydrogens is 428 g/mol. The first-order valence-electron chi connectivity index (χ1n) is 6.96. The summed E-state index contributed by atoms with van der Waals surface area (Å²) in [4.78, 5) is 17.5. The van der Waals surface area contributed by atoms with Crippen molar-refractivity contribution in [1.82, 2.24) is 0 Å². The van der Waals surface area contributed by atoms with E-state index in [4.69, 9.17) is 9.62 Å². The van der Waals surface area contributed by atoms with Crippen LogP contribution < -0.4 is 0 Å². The molecule has 1 N–H and O–H groups in total. The maximum atomic E-state index is 12.7. The molecule has 0 atom stereocenters. The molecule has 0 spiro atoms. The molecule has 0 bridgehead atoms. The van der Waals surface area contributed by atoms with Gasteiger partial charge in [0.1, 0.15) is 0 Å². The number of carbonyl (C=O) groups excluding carboxylic acids is 1. The first-order chi connectivity index (χ1) is 10.9. The number of carbonyl (C=O) groups is 1. The summed E-state index contributed by atoms with van der Waals surface area (Å²) in [5.74, 6) is -0.681. The fraction of sp³-hybridized carbons (Fsp3) is 0.235. The number of hydrogen-bond acceptors (Lipinski definition) is 4. The van der Waals surface area contributed by atoms with Crippen molar-refractivity contribution in [3.05, 3.63) is 68.6 Å². The molecular formula is C17H16Br2O4. The Balaban J connectivity index is 2.63. The summed E-state index contributed by atoms with van der Waals surface area (Å²) in [6.07, 6.45) is -0.345. The Hall–Kier alpha value is -1.21. The SMILES string of the molecule is CC(C)OC(=O)C(OO)(c1ccc(Br)cc1)c1ccc(Br)cc1. The van der Waals surface area contributed by atoms with Crippen LogP contribution in [0, 0.1) is 0 Å². The van der Waals surface area contributed by atoms with Gasteiger partial charge in [-0.3, -0.25) is 0 Å². The van der Waals surface area contributed by atoms with E-state index in [1.807, 2.05) is 0 Å². The third-order valence-corrected chi connectivity index (χ3v) is 4.33. The molecule has 4 nitrogen and oxygen atoms in total. The molecule has 122 valence electrons. The Labute approximate surface area is 151 Å². The van der Waals surface area contributed by atoms with Gasteiger partial charge in [-0.2, -0.15) is 0 Å². The maximum Gasteiger partial charge on any atom is 0.351 e. The normalized spacial score (nSPS) is 11.6. The Morgan fingerprint density at radius 1 is 0.957 bits per heavy atom. The van der Waals surface area contributed by atoms with Crippen molar-refractivity contribution in [3.63, 3.8) is 0 Å². The van der Waals surface area contributed by atoms with Crippen LogP contribution >= 0.6 is 31.9 Å². The molecule has 0 aliphatic heterocycles. The van der Waals surface area contributed by atoms with E-state index in [1.54, 1.807) is 62.4 Å². The lowest BCUT2D eigenvalue weighted by molar-refractivity contribution is -0.312. The highest BCUT2D eigenvalue weighted by Crippen LogP contribution is 2.36. The van der Waals surface area contributed by atoms with Crippen LogP contribution in [0.3, 0.4) is 0 Å². The number of ether oxygens (including phenoxy) is 1. The van der Waals surface area contributed by atoms with Crippen molar-refractivity contribution in [2.24, 2.45) is 0 Å². The van der Waals surface area contributed by atoms with Gasteiger partial charge < -0.3 is 4.74 Å². The summed E-state index contributed by atoms with van der Waals surface area (Å²) in [7, 11) is 0. The second-order valence-electron chi connectivity index (χ2n) is 5.24. The maximum absolute atomic E-state index is 12.7. The number of esters is 1. The van der Waals surface area contributed by atoms with Crippen LogP contribution in [0.4, 0.5) is 0 Å². The highest BCUT2D eigenvalue weighted by atomic mass is 79.9. The van der Waals surface area contributed by atoms with E-state index in [-0.39, 0.29) is 6.10 Å². The average molecular weight is 444 g/mol. The molecule has 0 aliphatic rings. The molecule has 2 rings (SSSR count). The van der Waals surface area contributed by atoms with Gasteiger partial charge in [-0.05, 0) is 38.1 Å². The topological polar surface area (TPSA) is 55.8 Å². The number of benzene rings is 2. The minimum absolute atomic E-state index is 0.345. The first-order valence-corrected chi connectivity index (χ1v) is 8.54. The van der Waals surface area contributed by atoms with Gasteiger partial charge >= 0.3 is 5.97 Å². The summed E-state index contributed by atoms with van der Waals surface area (Å²) in [6.45, 7) is 3.48. The Bertz CT molecular complexity index is 620. The fourth-order valence-electron chi connectivity index (χ4n) is 2.21. The van der Waals surface area contributed by atoms with Crippen molar-refractivity contribution in [2.75, 3.05) is 0 Å². The van der Waals surface area contributed by atoms with Gasteiger partial charge in [0.15, 0.2) is 0 Å². The lowest BCUT2D eigenvalue weighted by atomic mass is 9.86. The van der Waals surface area contributed by atoms with Crippen LogP contribution in [-0.2, 0) is 20.0 Å². The van der Waals surface area contributed by atoms with Crippen molar-refractivity contribution in [2.45, 2.75) is 25.6 Å². The second-order valence-corrected chi connectivity index (χ2v) is 7.07. The monoisotopic (exact) mass is 442 g/mol. The smallest absolute Gasteiger partial charge is 0.351 e. The van der Waals surface area contributed by atoms with Crippen molar-refractivity contribution in [3.8, 4) is 0 Å². The molecule has 0 aliphatic carbocycles. The van der Waals surface area contributed by atoms with Crippen LogP contribution in [0.2, 0.25) is 0 Å². The molecule has 0 unspecified atom stereocenters. The zero-order valence-electron chi connectivity index (χ0n) is 12.6. The predicted octanol–water partition coefficient (Wildman–Crippen LogP) is 4.90. The molecule has 0 fully saturated rings. The summed E-state index contributed by atoms with van der Waals surface area (Å²) in [5.41, 5.74) is -0.807. The Morgan fingerprint density at radius 3 is 1.65 bits per heavy atom. The molecule has 2 aromatic rings. The molecule has 0 heterocycles. The standard InChI is InChI=1S/C17H16Br2O4/c1-11(2)22-16(20)17(23-21,12-3-7-14(18)8-4-12)13-5-9-15(19)10-6-13/h3-11,21H,1-2H3. The highest BCUT2D eigenvalue weighted by Gasteiger charge is 2.46. The molecule has 0 radical (unpaired) electrons. The van der Waals surface area contributed by atoms with Gasteiger partial charge in [0.05, 0.1) is 6.10 Å². The second kappa shape index (κ2) is 7.57. The Morgan fingerprint density at radius 2 is 1.35 bits per heavy atom. The van der Waals surface area contributed by atoms with Crippen LogP contribution in [0.15, 0.2) is 57.5 Å². The number of hydrogen-bond donors (Lipinski definition) is 1. The van der Waals surface area contributed by atoms with E-state index >= 15 is 0 Å². The fourth-order valence-corrected chi connectivity index (χ4v) is 2.74. The van der Waals surface area contributed by atoms with E-state index in [9.17, 15) is 10.1 Å². The summed E-state index contributed by atoms with van der Waals surface area (Å²) >= 11 is 6.70. The van der Waals surface area contributed by atoms with Crippen LogP contribution in [0.5, 0.6) is 0 Å². The van der Waals surface area contributed by atoms with Crippen molar-refractivity contribution >= 4 is 37.8 Å². The number of halogens is 2. The van der Waals surface area contributed by atoms with Crippen LogP contribution in [0.25, 0.3) is 0 Å². The lowest BCUT2D eigenvalue weighted by Gasteiger charge is -2.30. The third kappa shape index (κ3) is 3.83. The van der Waals surface area contributed by atoms with Gasteiger partial charge in [0, 0.05) is 20.1 Å². The summed E-state index contributed by atoms with van der Waals surface area (Å²) < 4.78 is 7.03. The largest absolute Gasteiger partial charge is 0.460 e. The van der Waals surface area contributed by atoms with E-state index in [1.165, 1.54) is 0 Å². The molecule has 0 saturated heterocycles. The zero-order chi connectivity index (χ0) is 17.0. The Kier molecular flexibility index (Phi) is 5.97. The van der Waals surface area contributed by atoms with E-state index in [0.717, 1.165) is 8.95 Å². The quantitative estimate of drug-likeness (QED) is 0.405. The lowest BCUT2D eigenvalue weighted by Crippen LogP contribution is -2.41. The molecule has 2 aromatic carbocycles. The third-order valence-electron chi connectivity index (χ3n) is 3.27. The van der Waals surface area contributed by atoms with Crippen LogP contribution in [0.1, 0.15) is 25.0 Å².